The molecule has 1 rings (SSSR count). The van der Waals surface area contributed by atoms with Crippen molar-refractivity contribution in [1.29, 1.82) is 0 Å². The molecule has 0 radical (unpaired) electrons. The van der Waals surface area contributed by atoms with Crippen molar-refractivity contribution < 1.29 is 27.4 Å². The predicted molar refractivity (Wildman–Crippen MR) is 54.0 cm³/mol. The van der Waals surface area contributed by atoms with Gasteiger partial charge in [0, 0.05) is 0 Å². The normalized spacial score (nSPS) is 11.1. The van der Waals surface area contributed by atoms with Gasteiger partial charge in [0.25, 0.3) is 0 Å². The van der Waals surface area contributed by atoms with Crippen LogP contribution in [0.2, 0.25) is 0 Å². The Balaban J connectivity index is 3.36. The smallest absolute Gasteiger partial charge is 0.417 e. The number of carbonyl (C=O) groups excluding carboxylic acids is 1. The van der Waals surface area contributed by atoms with Crippen molar-refractivity contribution >= 4 is 5.97 Å². The number of carbonyl (C=O) groups is 1. The molecule has 6 heteroatoms. The maximum absolute atomic E-state index is 12.7. The van der Waals surface area contributed by atoms with Gasteiger partial charge in [0.2, 0.25) is 0 Å². The largest absolute Gasteiger partial charge is 0.496 e. The lowest BCUT2D eigenvalue weighted by Gasteiger charge is -2.14. The molecule has 0 fully saturated rings. The van der Waals surface area contributed by atoms with E-state index in [1.54, 1.807) is 0 Å². The fourth-order valence-electron chi connectivity index (χ4n) is 1.35. The Kier molecular flexibility index (Phi) is 3.98. The molecule has 0 saturated carbocycles. The van der Waals surface area contributed by atoms with Crippen LogP contribution in [0, 0.1) is 0 Å². The summed E-state index contributed by atoms with van der Waals surface area (Å²) in [6.07, 6.45) is -4.63. The van der Waals surface area contributed by atoms with Crippen LogP contribution in [0.4, 0.5) is 13.2 Å². The number of esters is 1. The van der Waals surface area contributed by atoms with Crippen LogP contribution in [-0.2, 0) is 10.9 Å². The van der Waals surface area contributed by atoms with Crippen LogP contribution in [0.15, 0.2) is 18.2 Å². The van der Waals surface area contributed by atoms with Crippen molar-refractivity contribution in [2.75, 3.05) is 13.7 Å². The van der Waals surface area contributed by atoms with Crippen LogP contribution in [0.25, 0.3) is 0 Å². The van der Waals surface area contributed by atoms with Gasteiger partial charge in [-0.2, -0.15) is 13.2 Å². The summed E-state index contributed by atoms with van der Waals surface area (Å²) in [5, 5.41) is 0. The molecule has 0 aliphatic carbocycles. The standard InChI is InChI=1S/C11H11F3O3/c1-3-17-10(15)9-7(11(12,13)14)5-4-6-8(9)16-2/h4-6H,3H2,1-2H3. The van der Waals surface area contributed by atoms with E-state index >= 15 is 0 Å². The van der Waals surface area contributed by atoms with Crippen molar-refractivity contribution in [1.82, 2.24) is 0 Å². The minimum atomic E-state index is -4.63. The van der Waals surface area contributed by atoms with Crippen molar-refractivity contribution in [2.45, 2.75) is 13.1 Å². The topological polar surface area (TPSA) is 35.5 Å². The first-order chi connectivity index (χ1) is 7.91. The van der Waals surface area contributed by atoms with E-state index < -0.39 is 23.3 Å². The molecule has 1 aromatic rings. The Morgan fingerprint density at radius 3 is 2.47 bits per heavy atom. The lowest BCUT2D eigenvalue weighted by Crippen LogP contribution is -2.16. The first kappa shape index (κ1) is 13.3. The molecular weight excluding hydrogens is 237 g/mol. The average molecular weight is 248 g/mol. The third-order valence-corrected chi connectivity index (χ3v) is 2.03. The highest BCUT2D eigenvalue weighted by Crippen LogP contribution is 2.36. The zero-order chi connectivity index (χ0) is 13.1. The van der Waals surface area contributed by atoms with Crippen molar-refractivity contribution in [3.05, 3.63) is 29.3 Å². The summed E-state index contributed by atoms with van der Waals surface area (Å²) in [4.78, 5) is 11.5. The van der Waals surface area contributed by atoms with E-state index in [0.29, 0.717) is 0 Å². The minimum Gasteiger partial charge on any atom is -0.496 e. The molecule has 94 valence electrons. The van der Waals surface area contributed by atoms with Gasteiger partial charge in [0.1, 0.15) is 11.3 Å². The van der Waals surface area contributed by atoms with Crippen LogP contribution in [-0.4, -0.2) is 19.7 Å². The summed E-state index contributed by atoms with van der Waals surface area (Å²) in [7, 11) is 1.19. The van der Waals surface area contributed by atoms with Gasteiger partial charge >= 0.3 is 12.1 Å². The van der Waals surface area contributed by atoms with E-state index in [4.69, 9.17) is 4.74 Å². The second kappa shape index (κ2) is 5.07. The lowest BCUT2D eigenvalue weighted by molar-refractivity contribution is -0.138. The van der Waals surface area contributed by atoms with Gasteiger partial charge in [-0.25, -0.2) is 4.79 Å². The summed E-state index contributed by atoms with van der Waals surface area (Å²) in [6.45, 7) is 1.51. The van der Waals surface area contributed by atoms with E-state index in [1.165, 1.54) is 26.2 Å². The van der Waals surface area contributed by atoms with Crippen LogP contribution in [0.3, 0.4) is 0 Å². The molecule has 0 N–H and O–H groups in total. The van der Waals surface area contributed by atoms with Crippen LogP contribution >= 0.6 is 0 Å². The zero-order valence-corrected chi connectivity index (χ0v) is 9.30. The maximum atomic E-state index is 12.7. The third kappa shape index (κ3) is 2.89. The Morgan fingerprint density at radius 2 is 2.00 bits per heavy atom. The fourth-order valence-corrected chi connectivity index (χ4v) is 1.35. The van der Waals surface area contributed by atoms with E-state index in [0.717, 1.165) is 6.07 Å². The molecule has 0 heterocycles. The number of ether oxygens (including phenoxy) is 2. The third-order valence-electron chi connectivity index (χ3n) is 2.03. The Labute approximate surface area is 96.1 Å². The number of halogens is 3. The van der Waals surface area contributed by atoms with Gasteiger partial charge in [0.05, 0.1) is 19.3 Å². The molecule has 17 heavy (non-hydrogen) atoms. The van der Waals surface area contributed by atoms with E-state index in [2.05, 4.69) is 4.74 Å². The Morgan fingerprint density at radius 1 is 1.35 bits per heavy atom. The minimum absolute atomic E-state index is 0.00577. The number of rotatable bonds is 3. The summed E-state index contributed by atoms with van der Waals surface area (Å²) in [5.41, 5.74) is -1.65. The molecule has 1 aromatic carbocycles. The van der Waals surface area contributed by atoms with E-state index in [-0.39, 0.29) is 12.4 Å². The number of hydrogen-bond acceptors (Lipinski definition) is 3. The highest BCUT2D eigenvalue weighted by Gasteiger charge is 2.37. The van der Waals surface area contributed by atoms with Crippen LogP contribution in [0.1, 0.15) is 22.8 Å². The molecular formula is C11H11F3O3. The fraction of sp³-hybridized carbons (Fsp3) is 0.364. The van der Waals surface area contributed by atoms with E-state index in [9.17, 15) is 18.0 Å². The van der Waals surface area contributed by atoms with Crippen LogP contribution < -0.4 is 4.74 Å². The molecule has 0 unspecified atom stereocenters. The number of hydrogen-bond donors (Lipinski definition) is 0. The Bertz CT molecular complexity index is 413. The molecule has 0 bridgehead atoms. The lowest BCUT2D eigenvalue weighted by atomic mass is 10.1. The van der Waals surface area contributed by atoms with Gasteiger partial charge in [0.15, 0.2) is 0 Å². The average Bonchev–Trinajstić information content (AvgIpc) is 2.27. The summed E-state index contributed by atoms with van der Waals surface area (Å²) in [6, 6.07) is 3.26. The van der Waals surface area contributed by atoms with Crippen molar-refractivity contribution in [3.63, 3.8) is 0 Å². The van der Waals surface area contributed by atoms with Crippen molar-refractivity contribution in [2.24, 2.45) is 0 Å². The molecule has 0 spiro atoms. The number of alkyl halides is 3. The molecule has 0 aliphatic rings. The SMILES string of the molecule is CCOC(=O)c1c(OC)cccc1C(F)(F)F. The van der Waals surface area contributed by atoms with E-state index in [1.807, 2.05) is 0 Å². The summed E-state index contributed by atoms with van der Waals surface area (Å²) < 4.78 is 47.4. The highest BCUT2D eigenvalue weighted by molar-refractivity contribution is 5.94. The predicted octanol–water partition coefficient (Wildman–Crippen LogP) is 2.89. The molecule has 0 saturated heterocycles. The van der Waals surface area contributed by atoms with Gasteiger partial charge in [-0.15, -0.1) is 0 Å². The zero-order valence-electron chi connectivity index (χ0n) is 9.30. The second-order valence-electron chi connectivity index (χ2n) is 3.10. The maximum Gasteiger partial charge on any atom is 0.417 e. The van der Waals surface area contributed by atoms with Gasteiger partial charge < -0.3 is 9.47 Å². The van der Waals surface area contributed by atoms with Gasteiger partial charge in [-0.1, -0.05) is 6.07 Å². The second-order valence-corrected chi connectivity index (χ2v) is 3.10. The van der Waals surface area contributed by atoms with Crippen molar-refractivity contribution in [3.8, 4) is 5.75 Å². The number of methoxy groups -OCH3 is 1. The summed E-state index contributed by atoms with van der Waals surface area (Å²) >= 11 is 0. The highest BCUT2D eigenvalue weighted by atomic mass is 19.4. The first-order valence-electron chi connectivity index (χ1n) is 4.83. The quantitative estimate of drug-likeness (QED) is 0.771. The van der Waals surface area contributed by atoms with Gasteiger partial charge in [-0.3, -0.25) is 0 Å². The molecule has 0 atom stereocenters. The van der Waals surface area contributed by atoms with Gasteiger partial charge in [-0.05, 0) is 19.1 Å². The summed E-state index contributed by atoms with van der Waals surface area (Å²) in [5.74, 6) is -1.20. The molecule has 0 aromatic heterocycles. The number of benzene rings is 1. The Hall–Kier alpha value is -1.72. The monoisotopic (exact) mass is 248 g/mol. The molecule has 0 amide bonds. The molecule has 3 nitrogen and oxygen atoms in total. The first-order valence-corrected chi connectivity index (χ1v) is 4.83. The van der Waals surface area contributed by atoms with Crippen LogP contribution in [0.5, 0.6) is 5.75 Å². The molecule has 0 aliphatic heterocycles.